The van der Waals surface area contributed by atoms with Crippen LogP contribution in [-0.4, -0.2) is 41.7 Å². The van der Waals surface area contributed by atoms with Gasteiger partial charge in [-0.15, -0.1) is 11.3 Å². The first-order valence-corrected chi connectivity index (χ1v) is 13.3. The Bertz CT molecular complexity index is 1450. The van der Waals surface area contributed by atoms with Crippen molar-refractivity contribution < 1.29 is 13.9 Å². The monoisotopic (exact) mass is 541 g/mol. The minimum absolute atomic E-state index is 0.245. The summed E-state index contributed by atoms with van der Waals surface area (Å²) in [7, 11) is 0. The van der Waals surface area contributed by atoms with Crippen molar-refractivity contribution in [3.8, 4) is 0 Å². The Balaban J connectivity index is 1.48. The number of nitrogens with zero attached hydrogens (tertiary/aromatic N) is 2. The van der Waals surface area contributed by atoms with Crippen LogP contribution in [0.5, 0.6) is 0 Å². The summed E-state index contributed by atoms with van der Waals surface area (Å²) in [6.07, 6.45) is 1.79. The number of aromatic nitrogens is 1. The molecule has 2 aromatic carbocycles. The largest absolute Gasteiger partial charge is 0.379 e. The first-order chi connectivity index (χ1) is 17.5. The fourth-order valence-corrected chi connectivity index (χ4v) is 5.94. The molecule has 1 saturated heterocycles. The second-order valence-corrected chi connectivity index (χ2v) is 10.7. The summed E-state index contributed by atoms with van der Waals surface area (Å²) in [6.45, 7) is 4.82. The van der Waals surface area contributed by atoms with Gasteiger partial charge < -0.3 is 14.6 Å². The van der Waals surface area contributed by atoms with Crippen LogP contribution in [0.1, 0.15) is 26.4 Å². The average molecular weight is 542 g/mol. The van der Waals surface area contributed by atoms with Gasteiger partial charge in [-0.1, -0.05) is 48.1 Å². The van der Waals surface area contributed by atoms with Crippen LogP contribution in [-0.2, 0) is 24.4 Å². The summed E-state index contributed by atoms with van der Waals surface area (Å²) < 4.78 is 21.9. The summed E-state index contributed by atoms with van der Waals surface area (Å²) >= 11 is 13.4. The maximum absolute atomic E-state index is 13.9. The van der Waals surface area contributed by atoms with Gasteiger partial charge in [-0.3, -0.25) is 9.69 Å². The molecular weight excluding hydrogens is 517 g/mol. The highest BCUT2D eigenvalue weighted by molar-refractivity contribution is 7.71. The molecule has 0 aliphatic carbocycles. The lowest BCUT2D eigenvalue weighted by molar-refractivity contribution is 0.0346. The minimum Gasteiger partial charge on any atom is -0.379 e. The molecule has 5 rings (SSSR count). The zero-order valence-electron chi connectivity index (χ0n) is 19.5. The molecule has 186 valence electrons. The lowest BCUT2D eigenvalue weighted by Gasteiger charge is -2.25. The second-order valence-electron chi connectivity index (χ2n) is 8.76. The number of amides is 1. The van der Waals surface area contributed by atoms with Gasteiger partial charge in [-0.2, -0.15) is 0 Å². The summed E-state index contributed by atoms with van der Waals surface area (Å²) in [5, 5.41) is 4.49. The number of carbonyl (C=O) groups is 1. The number of thiophene rings is 1. The molecule has 0 unspecified atom stereocenters. The molecule has 9 heteroatoms. The Labute approximate surface area is 223 Å². The normalized spacial score (nSPS) is 14.3. The van der Waals surface area contributed by atoms with Crippen LogP contribution in [0.25, 0.3) is 10.2 Å². The fourth-order valence-electron chi connectivity index (χ4n) is 4.27. The number of morpholine rings is 1. The summed E-state index contributed by atoms with van der Waals surface area (Å²) in [4.78, 5) is 17.7. The fraction of sp³-hybridized carbons (Fsp3) is 0.259. The van der Waals surface area contributed by atoms with Crippen molar-refractivity contribution in [2.45, 2.75) is 19.6 Å². The van der Waals surface area contributed by atoms with Crippen molar-refractivity contribution in [2.75, 3.05) is 26.3 Å². The van der Waals surface area contributed by atoms with Gasteiger partial charge in [-0.25, -0.2) is 4.39 Å². The smallest absolute Gasteiger partial charge is 0.254 e. The number of pyridine rings is 1. The predicted octanol–water partition coefficient (Wildman–Crippen LogP) is 6.04. The standard InChI is InChI=1S/C27H25ClFN3O2S2/c28-20-6-4-18(5-7-20)14-30-26(33)24-17-32(15-19-2-1-3-21(29)12-19)27-23(25(24)35)13-22(36-27)16-31-8-10-34-11-9-31/h1-7,12-13,17H,8-11,14-16H2,(H,30,33). The van der Waals surface area contributed by atoms with Crippen LogP contribution in [0.4, 0.5) is 4.39 Å². The van der Waals surface area contributed by atoms with E-state index in [4.69, 9.17) is 28.6 Å². The molecule has 0 spiro atoms. The summed E-state index contributed by atoms with van der Waals surface area (Å²) in [5.74, 6) is -0.532. The number of rotatable bonds is 7. The third-order valence-corrected chi connectivity index (χ3v) is 7.98. The van der Waals surface area contributed by atoms with Gasteiger partial charge in [0.1, 0.15) is 10.6 Å². The van der Waals surface area contributed by atoms with E-state index in [0.29, 0.717) is 28.2 Å². The molecule has 1 fully saturated rings. The second kappa shape index (κ2) is 11.2. The molecule has 1 aliphatic heterocycles. The van der Waals surface area contributed by atoms with Crippen LogP contribution in [0, 0.1) is 10.3 Å². The molecule has 0 saturated carbocycles. The molecule has 0 radical (unpaired) electrons. The van der Waals surface area contributed by atoms with Gasteiger partial charge in [0, 0.05) is 54.2 Å². The molecule has 1 aliphatic rings. The van der Waals surface area contributed by atoms with E-state index in [1.807, 2.05) is 22.8 Å². The third kappa shape index (κ3) is 5.85. The zero-order valence-corrected chi connectivity index (χ0v) is 21.9. The number of benzene rings is 2. The van der Waals surface area contributed by atoms with Crippen molar-refractivity contribution in [3.63, 3.8) is 0 Å². The Hall–Kier alpha value is -2.62. The zero-order chi connectivity index (χ0) is 25.1. The Morgan fingerprint density at radius 1 is 1.08 bits per heavy atom. The number of halogens is 2. The topological polar surface area (TPSA) is 46.5 Å². The Kier molecular flexibility index (Phi) is 7.79. The summed E-state index contributed by atoms with van der Waals surface area (Å²) in [6, 6.07) is 16.0. The lowest BCUT2D eigenvalue weighted by Crippen LogP contribution is -2.35. The van der Waals surface area contributed by atoms with Gasteiger partial charge in [0.05, 0.1) is 23.3 Å². The van der Waals surface area contributed by atoms with Crippen LogP contribution >= 0.6 is 35.2 Å². The minimum atomic E-state index is -0.288. The van der Waals surface area contributed by atoms with Gasteiger partial charge >= 0.3 is 0 Å². The van der Waals surface area contributed by atoms with Crippen LogP contribution in [0.2, 0.25) is 5.02 Å². The van der Waals surface area contributed by atoms with E-state index in [0.717, 1.165) is 54.2 Å². The first-order valence-electron chi connectivity index (χ1n) is 11.7. The molecule has 5 nitrogen and oxygen atoms in total. The van der Waals surface area contributed by atoms with Gasteiger partial charge in [0.2, 0.25) is 0 Å². The average Bonchev–Trinajstić information content (AvgIpc) is 3.30. The Morgan fingerprint density at radius 2 is 1.86 bits per heavy atom. The van der Waals surface area contributed by atoms with Crippen molar-refractivity contribution in [1.82, 2.24) is 14.8 Å². The lowest BCUT2D eigenvalue weighted by atomic mass is 10.1. The molecule has 1 amide bonds. The first kappa shape index (κ1) is 25.0. The van der Waals surface area contributed by atoms with Gasteiger partial charge in [0.25, 0.3) is 5.91 Å². The quantitative estimate of drug-likeness (QED) is 0.290. The predicted molar refractivity (Wildman–Crippen MR) is 145 cm³/mol. The van der Waals surface area contributed by atoms with Crippen molar-refractivity contribution in [1.29, 1.82) is 0 Å². The van der Waals surface area contributed by atoms with E-state index in [2.05, 4.69) is 16.3 Å². The molecule has 0 atom stereocenters. The SMILES string of the molecule is O=C(NCc1ccc(Cl)cc1)c1cn(Cc2cccc(F)c2)c2sc(CN3CCOCC3)cc2c1=S. The van der Waals surface area contributed by atoms with E-state index in [-0.39, 0.29) is 11.7 Å². The van der Waals surface area contributed by atoms with E-state index < -0.39 is 0 Å². The van der Waals surface area contributed by atoms with Crippen LogP contribution in [0.15, 0.2) is 60.8 Å². The molecular formula is C27H25ClFN3O2S2. The molecule has 1 N–H and O–H groups in total. The van der Waals surface area contributed by atoms with Gasteiger partial charge in [0.15, 0.2) is 0 Å². The van der Waals surface area contributed by atoms with Crippen LogP contribution in [0.3, 0.4) is 0 Å². The number of hydrogen-bond donors (Lipinski definition) is 1. The van der Waals surface area contributed by atoms with Crippen molar-refractivity contribution in [3.05, 3.63) is 97.7 Å². The molecule has 36 heavy (non-hydrogen) atoms. The number of carbonyl (C=O) groups excluding carboxylic acids is 1. The number of ether oxygens (including phenoxy) is 1. The van der Waals surface area contributed by atoms with Crippen molar-refractivity contribution >= 4 is 51.3 Å². The third-order valence-electron chi connectivity index (χ3n) is 6.13. The highest BCUT2D eigenvalue weighted by Gasteiger charge is 2.18. The molecule has 3 heterocycles. The summed E-state index contributed by atoms with van der Waals surface area (Å²) in [5.41, 5.74) is 2.18. The molecule has 4 aromatic rings. The van der Waals surface area contributed by atoms with Crippen LogP contribution < -0.4 is 5.32 Å². The van der Waals surface area contributed by atoms with E-state index in [1.54, 1.807) is 35.7 Å². The van der Waals surface area contributed by atoms with Crippen molar-refractivity contribution in [2.24, 2.45) is 0 Å². The highest BCUT2D eigenvalue weighted by atomic mass is 35.5. The maximum atomic E-state index is 13.9. The van der Waals surface area contributed by atoms with E-state index >= 15 is 0 Å². The maximum Gasteiger partial charge on any atom is 0.254 e. The van der Waals surface area contributed by atoms with Gasteiger partial charge in [-0.05, 0) is 41.5 Å². The van der Waals surface area contributed by atoms with E-state index in [9.17, 15) is 9.18 Å². The van der Waals surface area contributed by atoms with E-state index in [1.165, 1.54) is 17.0 Å². The molecule has 0 bridgehead atoms. The number of nitrogens with one attached hydrogen (secondary N) is 1. The number of fused-ring (bicyclic) bond motifs is 1. The highest BCUT2D eigenvalue weighted by Crippen LogP contribution is 2.30. The Morgan fingerprint density at radius 3 is 2.61 bits per heavy atom. The molecule has 2 aromatic heterocycles. The number of hydrogen-bond acceptors (Lipinski definition) is 5.